The Morgan fingerprint density at radius 1 is 1.50 bits per heavy atom. The van der Waals surface area contributed by atoms with Gasteiger partial charge in [-0.2, -0.15) is 0 Å². The van der Waals surface area contributed by atoms with Crippen LogP contribution in [0, 0.1) is 0 Å². The number of hydrogen-bond donors (Lipinski definition) is 3. The lowest BCUT2D eigenvalue weighted by Gasteiger charge is -2.26. The lowest BCUT2D eigenvalue weighted by Crippen LogP contribution is -2.49. The molecule has 1 aliphatic rings. The lowest BCUT2D eigenvalue weighted by molar-refractivity contribution is -0.160. The van der Waals surface area contributed by atoms with E-state index >= 15 is 0 Å². The maximum absolute atomic E-state index is 11.2. The minimum absolute atomic E-state index is 0.0853. The number of methoxy groups -OCH3 is 1. The van der Waals surface area contributed by atoms with Gasteiger partial charge in [-0.25, -0.2) is 4.79 Å². The van der Waals surface area contributed by atoms with Gasteiger partial charge in [0.2, 0.25) is 0 Å². The quantitative estimate of drug-likeness (QED) is 0.571. The Bertz CT molecular complexity index is 246. The van der Waals surface area contributed by atoms with Crippen molar-refractivity contribution in [2.45, 2.75) is 43.8 Å². The van der Waals surface area contributed by atoms with Gasteiger partial charge in [-0.3, -0.25) is 0 Å². The van der Waals surface area contributed by atoms with Crippen LogP contribution in [0.2, 0.25) is 0 Å². The van der Waals surface area contributed by atoms with Crippen molar-refractivity contribution in [1.82, 2.24) is 5.32 Å². The largest absolute Gasteiger partial charge is 0.467 e. The average Bonchev–Trinajstić information content (AvgIpc) is 2.63. The normalized spacial score (nSPS) is 22.8. The summed E-state index contributed by atoms with van der Waals surface area (Å²) in [5, 5.41) is 22.7. The number of nitrogens with one attached hydrogen (secondary N) is 1. The molecule has 1 aliphatic carbocycles. The summed E-state index contributed by atoms with van der Waals surface area (Å²) in [6, 6.07) is 0. The first-order valence-electron chi connectivity index (χ1n) is 5.64. The summed E-state index contributed by atoms with van der Waals surface area (Å²) in [6.07, 6.45) is 3.62. The zero-order valence-electron chi connectivity index (χ0n) is 9.95. The number of carbonyl (C=O) groups excluding carboxylic acids is 1. The van der Waals surface area contributed by atoms with Gasteiger partial charge in [0.1, 0.15) is 0 Å². The van der Waals surface area contributed by atoms with Crippen molar-refractivity contribution in [3.63, 3.8) is 0 Å². The van der Waals surface area contributed by atoms with Crippen LogP contribution in [0.3, 0.4) is 0 Å². The number of aliphatic hydroxyl groups is 2. The molecule has 1 atom stereocenters. The molecule has 0 heterocycles. The van der Waals surface area contributed by atoms with Crippen LogP contribution >= 0.6 is 0 Å². The number of carbonyl (C=O) groups is 1. The van der Waals surface area contributed by atoms with Crippen LogP contribution in [0.5, 0.6) is 0 Å². The highest BCUT2D eigenvalue weighted by atomic mass is 16.5. The van der Waals surface area contributed by atoms with Crippen LogP contribution in [-0.4, -0.2) is 47.6 Å². The number of ether oxygens (including phenoxy) is 1. The van der Waals surface area contributed by atoms with Crippen molar-refractivity contribution in [3.05, 3.63) is 0 Å². The van der Waals surface area contributed by atoms with E-state index in [9.17, 15) is 15.0 Å². The monoisotopic (exact) mass is 231 g/mol. The van der Waals surface area contributed by atoms with Crippen molar-refractivity contribution in [1.29, 1.82) is 0 Å². The van der Waals surface area contributed by atoms with Gasteiger partial charge >= 0.3 is 5.97 Å². The van der Waals surface area contributed by atoms with E-state index in [1.165, 1.54) is 14.0 Å². The Morgan fingerprint density at radius 2 is 2.06 bits per heavy atom. The van der Waals surface area contributed by atoms with Crippen molar-refractivity contribution in [2.24, 2.45) is 0 Å². The Labute approximate surface area is 95.8 Å². The van der Waals surface area contributed by atoms with Gasteiger partial charge in [0, 0.05) is 13.1 Å². The SMILES string of the molecule is COC(=O)C(C)(O)CNCC1(O)CCCC1. The first-order chi connectivity index (χ1) is 7.40. The molecular weight excluding hydrogens is 210 g/mol. The van der Waals surface area contributed by atoms with Gasteiger partial charge in [0.25, 0.3) is 0 Å². The summed E-state index contributed by atoms with van der Waals surface area (Å²) in [5.41, 5.74) is -2.21. The number of hydrogen-bond acceptors (Lipinski definition) is 5. The predicted octanol–water partition coefficient (Wildman–Crippen LogP) is -0.195. The smallest absolute Gasteiger partial charge is 0.338 e. The second-order valence-corrected chi connectivity index (χ2v) is 4.80. The molecule has 0 aromatic heterocycles. The molecule has 16 heavy (non-hydrogen) atoms. The Kier molecular flexibility index (Phi) is 4.29. The van der Waals surface area contributed by atoms with E-state index in [0.29, 0.717) is 6.54 Å². The standard InChI is InChI=1S/C11H21NO4/c1-10(14,9(13)16-2)7-12-8-11(15)5-3-4-6-11/h12,14-15H,3-8H2,1-2H3. The van der Waals surface area contributed by atoms with Gasteiger partial charge in [0.15, 0.2) is 5.60 Å². The first kappa shape index (κ1) is 13.4. The average molecular weight is 231 g/mol. The fourth-order valence-corrected chi connectivity index (χ4v) is 2.04. The molecule has 0 aromatic rings. The van der Waals surface area contributed by atoms with Crippen LogP contribution in [0.1, 0.15) is 32.6 Å². The van der Waals surface area contributed by atoms with Gasteiger partial charge in [-0.1, -0.05) is 12.8 Å². The zero-order chi connectivity index (χ0) is 12.2. The Morgan fingerprint density at radius 3 is 2.56 bits per heavy atom. The highest BCUT2D eigenvalue weighted by Crippen LogP contribution is 2.28. The molecule has 0 spiro atoms. The summed E-state index contributed by atoms with van der Waals surface area (Å²) in [5.74, 6) is -0.668. The van der Waals surface area contributed by atoms with E-state index in [2.05, 4.69) is 10.1 Å². The molecule has 5 nitrogen and oxygen atoms in total. The van der Waals surface area contributed by atoms with Crippen molar-refractivity contribution < 1.29 is 19.7 Å². The predicted molar refractivity (Wildman–Crippen MR) is 58.9 cm³/mol. The van der Waals surface area contributed by atoms with Crippen LogP contribution in [0.4, 0.5) is 0 Å². The summed E-state index contributed by atoms with van der Waals surface area (Å²) in [7, 11) is 1.24. The molecule has 3 N–H and O–H groups in total. The minimum atomic E-state index is -1.54. The molecule has 0 saturated heterocycles. The fraction of sp³-hybridized carbons (Fsp3) is 0.909. The second-order valence-electron chi connectivity index (χ2n) is 4.80. The van der Waals surface area contributed by atoms with Gasteiger partial charge in [-0.05, 0) is 19.8 Å². The molecule has 5 heteroatoms. The molecule has 1 saturated carbocycles. The second kappa shape index (κ2) is 5.12. The highest BCUT2D eigenvalue weighted by molar-refractivity contribution is 5.78. The molecular formula is C11H21NO4. The third-order valence-corrected chi connectivity index (χ3v) is 3.08. The highest BCUT2D eigenvalue weighted by Gasteiger charge is 2.34. The molecule has 0 aromatic carbocycles. The van der Waals surface area contributed by atoms with E-state index in [1.807, 2.05) is 0 Å². The molecule has 1 fully saturated rings. The maximum atomic E-state index is 11.2. The molecule has 94 valence electrons. The molecule has 1 unspecified atom stereocenters. The molecule has 0 aliphatic heterocycles. The third kappa shape index (κ3) is 3.43. The Balaban J connectivity index is 2.31. The number of esters is 1. The van der Waals surface area contributed by atoms with Gasteiger partial charge < -0.3 is 20.3 Å². The van der Waals surface area contributed by atoms with Crippen LogP contribution in [0.25, 0.3) is 0 Å². The van der Waals surface area contributed by atoms with Crippen molar-refractivity contribution >= 4 is 5.97 Å². The van der Waals surface area contributed by atoms with E-state index in [4.69, 9.17) is 0 Å². The van der Waals surface area contributed by atoms with Crippen molar-refractivity contribution in [2.75, 3.05) is 20.2 Å². The zero-order valence-corrected chi connectivity index (χ0v) is 9.95. The maximum Gasteiger partial charge on any atom is 0.338 e. The van der Waals surface area contributed by atoms with Crippen LogP contribution in [-0.2, 0) is 9.53 Å². The lowest BCUT2D eigenvalue weighted by atomic mass is 10.0. The summed E-state index contributed by atoms with van der Waals surface area (Å²) in [4.78, 5) is 11.2. The minimum Gasteiger partial charge on any atom is -0.467 e. The van der Waals surface area contributed by atoms with E-state index in [1.54, 1.807) is 0 Å². The topological polar surface area (TPSA) is 78.8 Å². The van der Waals surface area contributed by atoms with Gasteiger partial charge in [0.05, 0.1) is 12.7 Å². The van der Waals surface area contributed by atoms with E-state index in [-0.39, 0.29) is 6.54 Å². The summed E-state index contributed by atoms with van der Waals surface area (Å²) < 4.78 is 4.47. The summed E-state index contributed by atoms with van der Waals surface area (Å²) >= 11 is 0. The van der Waals surface area contributed by atoms with E-state index in [0.717, 1.165) is 25.7 Å². The van der Waals surface area contributed by atoms with Crippen LogP contribution < -0.4 is 5.32 Å². The third-order valence-electron chi connectivity index (χ3n) is 3.08. The molecule has 0 radical (unpaired) electrons. The van der Waals surface area contributed by atoms with Gasteiger partial charge in [-0.15, -0.1) is 0 Å². The van der Waals surface area contributed by atoms with E-state index < -0.39 is 17.2 Å². The van der Waals surface area contributed by atoms with Crippen LogP contribution in [0.15, 0.2) is 0 Å². The number of rotatable bonds is 5. The molecule has 1 rings (SSSR count). The first-order valence-corrected chi connectivity index (χ1v) is 5.64. The van der Waals surface area contributed by atoms with Crippen molar-refractivity contribution in [3.8, 4) is 0 Å². The Hall–Kier alpha value is -0.650. The fourth-order valence-electron chi connectivity index (χ4n) is 2.04. The molecule has 0 bridgehead atoms. The molecule has 0 amide bonds. The summed E-state index contributed by atoms with van der Waals surface area (Å²) in [6.45, 7) is 1.88.